The maximum atomic E-state index is 5.45. The summed E-state index contributed by atoms with van der Waals surface area (Å²) < 4.78 is 5.45. The van der Waals surface area contributed by atoms with E-state index in [4.69, 9.17) is 4.74 Å². The fourth-order valence-electron chi connectivity index (χ4n) is 2.22. The molecular formula is C14H24N4O. The van der Waals surface area contributed by atoms with Gasteiger partial charge in [-0.05, 0) is 18.4 Å². The molecule has 0 saturated carbocycles. The second-order valence-electron chi connectivity index (χ2n) is 5.08. The average Bonchev–Trinajstić information content (AvgIpc) is 2.47. The van der Waals surface area contributed by atoms with Crippen LogP contribution in [-0.4, -0.2) is 49.4 Å². The maximum absolute atomic E-state index is 5.45. The summed E-state index contributed by atoms with van der Waals surface area (Å²) in [4.78, 5) is 11.0. The monoisotopic (exact) mass is 264 g/mol. The predicted molar refractivity (Wildman–Crippen MR) is 76.5 cm³/mol. The van der Waals surface area contributed by atoms with Crippen molar-refractivity contribution in [3.63, 3.8) is 0 Å². The lowest BCUT2D eigenvalue weighted by Gasteiger charge is -2.26. The molecule has 1 saturated heterocycles. The van der Waals surface area contributed by atoms with Gasteiger partial charge in [0.15, 0.2) is 0 Å². The molecular weight excluding hydrogens is 240 g/mol. The number of hydrogen-bond donors (Lipinski definition) is 1. The molecule has 1 unspecified atom stereocenters. The van der Waals surface area contributed by atoms with Crippen molar-refractivity contribution < 1.29 is 4.74 Å². The Balaban J connectivity index is 1.79. The van der Waals surface area contributed by atoms with E-state index in [0.29, 0.717) is 6.04 Å². The van der Waals surface area contributed by atoms with Gasteiger partial charge in [-0.25, -0.2) is 9.97 Å². The average molecular weight is 264 g/mol. The molecule has 0 bridgehead atoms. The molecule has 2 rings (SSSR count). The van der Waals surface area contributed by atoms with Gasteiger partial charge in [0.1, 0.15) is 0 Å². The first-order chi connectivity index (χ1) is 9.29. The van der Waals surface area contributed by atoms with Crippen molar-refractivity contribution in [3.8, 4) is 0 Å². The molecule has 19 heavy (non-hydrogen) atoms. The van der Waals surface area contributed by atoms with Gasteiger partial charge in [-0.15, -0.1) is 0 Å². The van der Waals surface area contributed by atoms with E-state index in [1.54, 1.807) is 0 Å². The molecule has 2 heterocycles. The van der Waals surface area contributed by atoms with Crippen molar-refractivity contribution in [1.82, 2.24) is 15.3 Å². The van der Waals surface area contributed by atoms with Crippen LogP contribution in [0.5, 0.6) is 0 Å². The van der Waals surface area contributed by atoms with Gasteiger partial charge in [0.25, 0.3) is 0 Å². The van der Waals surface area contributed by atoms with Gasteiger partial charge in [-0.2, -0.15) is 0 Å². The minimum atomic E-state index is 0.454. The van der Waals surface area contributed by atoms with Crippen molar-refractivity contribution >= 4 is 5.95 Å². The van der Waals surface area contributed by atoms with Gasteiger partial charge in [0, 0.05) is 38.6 Å². The molecule has 1 aliphatic heterocycles. The van der Waals surface area contributed by atoms with Crippen LogP contribution in [-0.2, 0) is 11.2 Å². The summed E-state index contributed by atoms with van der Waals surface area (Å²) in [6.45, 7) is 5.70. The van der Waals surface area contributed by atoms with E-state index in [9.17, 15) is 0 Å². The lowest BCUT2D eigenvalue weighted by molar-refractivity contribution is 0.0749. The molecule has 1 N–H and O–H groups in total. The Hall–Kier alpha value is -1.20. The van der Waals surface area contributed by atoms with Crippen LogP contribution in [0.3, 0.4) is 0 Å². The number of ether oxygens (including phenoxy) is 1. The first-order valence-electron chi connectivity index (χ1n) is 7.12. The van der Waals surface area contributed by atoms with Crippen LogP contribution in [0.2, 0.25) is 0 Å². The lowest BCUT2D eigenvalue weighted by atomic mass is 10.2. The number of rotatable bonds is 6. The minimum Gasteiger partial charge on any atom is -0.379 e. The van der Waals surface area contributed by atoms with Crippen molar-refractivity contribution in [2.24, 2.45) is 0 Å². The third-order valence-corrected chi connectivity index (χ3v) is 3.38. The van der Waals surface area contributed by atoms with Crippen molar-refractivity contribution in [2.45, 2.75) is 32.2 Å². The minimum absolute atomic E-state index is 0.454. The van der Waals surface area contributed by atoms with Gasteiger partial charge in [-0.3, -0.25) is 0 Å². The van der Waals surface area contributed by atoms with Crippen molar-refractivity contribution in [1.29, 1.82) is 0 Å². The second kappa shape index (κ2) is 7.40. The van der Waals surface area contributed by atoms with Crippen LogP contribution in [0.15, 0.2) is 12.4 Å². The molecule has 0 aromatic carbocycles. The molecule has 1 atom stereocenters. The number of morpholine rings is 1. The van der Waals surface area contributed by atoms with Crippen molar-refractivity contribution in [2.75, 3.05) is 38.3 Å². The Kier molecular flexibility index (Phi) is 5.54. The number of nitrogens with one attached hydrogen (secondary N) is 1. The fourth-order valence-corrected chi connectivity index (χ4v) is 2.22. The number of hydrogen-bond acceptors (Lipinski definition) is 5. The first-order valence-corrected chi connectivity index (χ1v) is 7.12. The van der Waals surface area contributed by atoms with E-state index < -0.39 is 0 Å². The summed E-state index contributed by atoms with van der Waals surface area (Å²) in [6, 6.07) is 0.454. The highest BCUT2D eigenvalue weighted by molar-refractivity contribution is 5.28. The van der Waals surface area contributed by atoms with Crippen LogP contribution in [0.4, 0.5) is 5.95 Å². The highest BCUT2D eigenvalue weighted by Gasteiger charge is 2.14. The molecule has 1 aromatic heterocycles. The Morgan fingerprint density at radius 1 is 1.42 bits per heavy atom. The summed E-state index contributed by atoms with van der Waals surface area (Å²) in [5, 5.41) is 3.46. The molecule has 0 radical (unpaired) electrons. The first kappa shape index (κ1) is 14.2. The summed E-state index contributed by atoms with van der Waals surface area (Å²) in [5.74, 6) is 0.802. The van der Waals surface area contributed by atoms with Gasteiger partial charge < -0.3 is 15.0 Å². The molecule has 0 aliphatic carbocycles. The quantitative estimate of drug-likeness (QED) is 0.838. The predicted octanol–water partition coefficient (Wildman–Crippen LogP) is 1.24. The molecule has 5 nitrogen and oxygen atoms in total. The molecule has 1 aromatic rings. The summed E-state index contributed by atoms with van der Waals surface area (Å²) >= 11 is 0. The van der Waals surface area contributed by atoms with Crippen LogP contribution in [0.25, 0.3) is 0 Å². The van der Waals surface area contributed by atoms with Crippen LogP contribution >= 0.6 is 0 Å². The van der Waals surface area contributed by atoms with E-state index in [-0.39, 0.29) is 0 Å². The Labute approximate surface area is 115 Å². The van der Waals surface area contributed by atoms with E-state index in [1.807, 2.05) is 19.4 Å². The molecule has 0 amide bonds. The second-order valence-corrected chi connectivity index (χ2v) is 5.08. The normalized spacial score (nSPS) is 19.4. The molecule has 1 aliphatic rings. The third kappa shape index (κ3) is 4.44. The number of nitrogens with zero attached hydrogens (tertiary/aromatic N) is 3. The van der Waals surface area contributed by atoms with E-state index in [1.165, 1.54) is 5.56 Å². The summed E-state index contributed by atoms with van der Waals surface area (Å²) in [6.07, 6.45) is 7.10. The summed E-state index contributed by atoms with van der Waals surface area (Å²) in [7, 11) is 2.04. The van der Waals surface area contributed by atoms with Crippen molar-refractivity contribution in [3.05, 3.63) is 18.0 Å². The molecule has 1 fully saturated rings. The topological polar surface area (TPSA) is 50.3 Å². The van der Waals surface area contributed by atoms with E-state index in [0.717, 1.165) is 51.5 Å². The van der Waals surface area contributed by atoms with E-state index >= 15 is 0 Å². The molecule has 106 valence electrons. The fraction of sp³-hybridized carbons (Fsp3) is 0.714. The number of anilines is 1. The van der Waals surface area contributed by atoms with Crippen LogP contribution < -0.4 is 10.2 Å². The molecule has 0 spiro atoms. The zero-order chi connectivity index (χ0) is 13.5. The highest BCUT2D eigenvalue weighted by Crippen LogP contribution is 2.08. The summed E-state index contributed by atoms with van der Waals surface area (Å²) in [5.41, 5.74) is 1.21. The smallest absolute Gasteiger partial charge is 0.224 e. The Morgan fingerprint density at radius 2 is 2.21 bits per heavy atom. The standard InChI is InChI=1S/C14H24N4O/c1-3-4-12-9-16-14(17-10-12)18(2)7-5-13-11-19-8-6-15-13/h9-10,13,15H,3-8,11H2,1-2H3. The molecule has 5 heteroatoms. The van der Waals surface area contributed by atoms with Crippen LogP contribution in [0, 0.1) is 0 Å². The third-order valence-electron chi connectivity index (χ3n) is 3.38. The van der Waals surface area contributed by atoms with Crippen LogP contribution in [0.1, 0.15) is 25.3 Å². The Morgan fingerprint density at radius 3 is 2.84 bits per heavy atom. The lowest BCUT2D eigenvalue weighted by Crippen LogP contribution is -2.43. The number of aryl methyl sites for hydroxylation is 1. The van der Waals surface area contributed by atoms with Gasteiger partial charge >= 0.3 is 0 Å². The highest BCUT2D eigenvalue weighted by atomic mass is 16.5. The van der Waals surface area contributed by atoms with E-state index in [2.05, 4.69) is 27.1 Å². The largest absolute Gasteiger partial charge is 0.379 e. The zero-order valence-electron chi connectivity index (χ0n) is 11.9. The van der Waals surface area contributed by atoms with Gasteiger partial charge in [0.2, 0.25) is 5.95 Å². The van der Waals surface area contributed by atoms with Gasteiger partial charge in [-0.1, -0.05) is 13.3 Å². The zero-order valence-corrected chi connectivity index (χ0v) is 11.9. The van der Waals surface area contributed by atoms with Gasteiger partial charge in [0.05, 0.1) is 13.2 Å². The maximum Gasteiger partial charge on any atom is 0.224 e. The number of aromatic nitrogens is 2. The SMILES string of the molecule is CCCc1cnc(N(C)CCC2COCCN2)nc1. The Bertz CT molecular complexity index is 362.